The zero-order valence-corrected chi connectivity index (χ0v) is 15.2. The molecule has 0 radical (unpaired) electrons. The number of hydrogen-bond donors (Lipinski definition) is 1. The van der Waals surface area contributed by atoms with Crippen molar-refractivity contribution in [1.29, 1.82) is 0 Å². The second-order valence-corrected chi connectivity index (χ2v) is 7.94. The first kappa shape index (κ1) is 17.6. The van der Waals surface area contributed by atoms with E-state index in [2.05, 4.69) is 52.6 Å². The largest absolute Gasteiger partial charge is 0.465 e. The van der Waals surface area contributed by atoms with Gasteiger partial charge in [0.25, 0.3) is 0 Å². The molecule has 128 valence electrons. The molecule has 0 saturated heterocycles. The maximum absolute atomic E-state index is 11.2. The summed E-state index contributed by atoms with van der Waals surface area (Å²) in [4.78, 5) is 19.9. The van der Waals surface area contributed by atoms with Crippen molar-refractivity contribution in [3.63, 3.8) is 0 Å². The number of carbonyl (C=O) groups is 1. The Hall–Kier alpha value is -1.78. The molecule has 5 nitrogen and oxygen atoms in total. The molecule has 1 N–H and O–H groups in total. The lowest BCUT2D eigenvalue weighted by molar-refractivity contribution is 0.139. The highest BCUT2D eigenvalue weighted by molar-refractivity contribution is 5.66. The fourth-order valence-corrected chi connectivity index (χ4v) is 3.10. The fourth-order valence-electron chi connectivity index (χ4n) is 3.10. The predicted octanol–water partition coefficient (Wildman–Crippen LogP) is 3.51. The number of aromatic nitrogens is 1. The minimum Gasteiger partial charge on any atom is -0.465 e. The first-order valence-corrected chi connectivity index (χ1v) is 8.32. The molecule has 5 heteroatoms. The van der Waals surface area contributed by atoms with Crippen LogP contribution in [0.5, 0.6) is 0 Å². The van der Waals surface area contributed by atoms with Crippen LogP contribution in [0.4, 0.5) is 10.6 Å². The van der Waals surface area contributed by atoms with Crippen molar-refractivity contribution in [3.8, 4) is 0 Å². The molecule has 1 aromatic rings. The number of rotatable bonds is 3. The second kappa shape index (κ2) is 6.38. The average molecular weight is 319 g/mol. The van der Waals surface area contributed by atoms with Crippen molar-refractivity contribution >= 4 is 11.9 Å². The number of amides is 1. The summed E-state index contributed by atoms with van der Waals surface area (Å²) in [6.45, 7) is 12.9. The van der Waals surface area contributed by atoms with Gasteiger partial charge in [-0.25, -0.2) is 9.78 Å². The van der Waals surface area contributed by atoms with Crippen molar-refractivity contribution in [2.45, 2.75) is 53.0 Å². The maximum atomic E-state index is 11.2. The summed E-state index contributed by atoms with van der Waals surface area (Å²) in [6.07, 6.45) is -0.164. The quantitative estimate of drug-likeness (QED) is 0.926. The molecule has 0 spiro atoms. The lowest BCUT2D eigenvalue weighted by Gasteiger charge is -2.33. The Morgan fingerprint density at radius 1 is 1.43 bits per heavy atom. The van der Waals surface area contributed by atoms with E-state index in [4.69, 9.17) is 4.98 Å². The summed E-state index contributed by atoms with van der Waals surface area (Å²) in [5.41, 5.74) is 3.24. The van der Waals surface area contributed by atoms with Gasteiger partial charge in [-0.3, -0.25) is 0 Å². The molecule has 0 unspecified atom stereocenters. The summed E-state index contributed by atoms with van der Waals surface area (Å²) in [6, 6.07) is 2.17. The molecule has 0 aromatic carbocycles. The topological polar surface area (TPSA) is 56.7 Å². The van der Waals surface area contributed by atoms with Crippen molar-refractivity contribution in [2.24, 2.45) is 5.92 Å². The van der Waals surface area contributed by atoms with Crippen LogP contribution in [0.15, 0.2) is 6.07 Å². The number of pyridine rings is 1. The first-order chi connectivity index (χ1) is 10.6. The smallest absolute Gasteiger partial charge is 0.407 e. The third kappa shape index (κ3) is 3.95. The SMILES string of the molecule is CC(C)CN(C)c1nc2c(cc1C(C)(C)C)CN(C(=O)O)CC2. The summed E-state index contributed by atoms with van der Waals surface area (Å²) in [5, 5.41) is 9.23. The van der Waals surface area contributed by atoms with E-state index < -0.39 is 6.09 Å². The predicted molar refractivity (Wildman–Crippen MR) is 93.2 cm³/mol. The van der Waals surface area contributed by atoms with Crippen molar-refractivity contribution in [1.82, 2.24) is 9.88 Å². The maximum Gasteiger partial charge on any atom is 0.407 e. The summed E-state index contributed by atoms with van der Waals surface area (Å²) in [5.74, 6) is 1.60. The minimum absolute atomic E-state index is 0.0336. The van der Waals surface area contributed by atoms with Crippen LogP contribution in [0.3, 0.4) is 0 Å². The van der Waals surface area contributed by atoms with Gasteiger partial charge in [0.1, 0.15) is 5.82 Å². The molecule has 1 aromatic heterocycles. The molecule has 1 aliphatic rings. The molecule has 0 saturated carbocycles. The third-order valence-corrected chi connectivity index (χ3v) is 4.23. The zero-order chi connectivity index (χ0) is 17.4. The normalized spacial score (nSPS) is 14.8. The lowest BCUT2D eigenvalue weighted by atomic mass is 9.85. The molecular weight excluding hydrogens is 290 g/mol. The van der Waals surface area contributed by atoms with Crippen LogP contribution in [0.1, 0.15) is 51.4 Å². The molecule has 0 fully saturated rings. The average Bonchev–Trinajstić information content (AvgIpc) is 2.43. The fraction of sp³-hybridized carbons (Fsp3) is 0.667. The van der Waals surface area contributed by atoms with E-state index >= 15 is 0 Å². The van der Waals surface area contributed by atoms with Gasteiger partial charge in [-0.2, -0.15) is 0 Å². The number of fused-ring (bicyclic) bond motifs is 1. The third-order valence-electron chi connectivity index (χ3n) is 4.23. The van der Waals surface area contributed by atoms with Crippen LogP contribution in [0.25, 0.3) is 0 Å². The van der Waals surface area contributed by atoms with Crippen LogP contribution in [0, 0.1) is 5.92 Å². The number of carboxylic acid groups (broad SMARTS) is 1. The van der Waals surface area contributed by atoms with Crippen LogP contribution < -0.4 is 4.90 Å². The van der Waals surface area contributed by atoms with Crippen molar-refractivity contribution < 1.29 is 9.90 Å². The van der Waals surface area contributed by atoms with E-state index in [1.807, 2.05) is 0 Å². The molecule has 1 amide bonds. The Balaban J connectivity index is 2.46. The highest BCUT2D eigenvalue weighted by Gasteiger charge is 2.27. The van der Waals surface area contributed by atoms with E-state index in [0.717, 1.165) is 23.6 Å². The van der Waals surface area contributed by atoms with Gasteiger partial charge in [0.15, 0.2) is 0 Å². The van der Waals surface area contributed by atoms with E-state index in [1.54, 1.807) is 0 Å². The summed E-state index contributed by atoms with van der Waals surface area (Å²) in [7, 11) is 2.09. The van der Waals surface area contributed by atoms with E-state index in [0.29, 0.717) is 25.4 Å². The van der Waals surface area contributed by atoms with Crippen LogP contribution >= 0.6 is 0 Å². The molecule has 0 aliphatic carbocycles. The van der Waals surface area contributed by atoms with Crippen LogP contribution in [-0.2, 0) is 18.4 Å². The first-order valence-electron chi connectivity index (χ1n) is 8.32. The van der Waals surface area contributed by atoms with Crippen LogP contribution in [0.2, 0.25) is 0 Å². The van der Waals surface area contributed by atoms with Gasteiger partial charge in [-0.05, 0) is 23.0 Å². The monoisotopic (exact) mass is 319 g/mol. The molecule has 1 aliphatic heterocycles. The molecule has 23 heavy (non-hydrogen) atoms. The van der Waals surface area contributed by atoms with Gasteiger partial charge in [-0.1, -0.05) is 34.6 Å². The molecule has 2 rings (SSSR count). The molecular formula is C18H29N3O2. The Bertz CT molecular complexity index is 591. The van der Waals surface area contributed by atoms with E-state index in [9.17, 15) is 9.90 Å². The van der Waals surface area contributed by atoms with Crippen LogP contribution in [-0.4, -0.2) is 41.2 Å². The molecule has 2 heterocycles. The van der Waals surface area contributed by atoms with Gasteiger partial charge < -0.3 is 14.9 Å². The lowest BCUT2D eigenvalue weighted by Crippen LogP contribution is -2.36. The van der Waals surface area contributed by atoms with Gasteiger partial charge in [0, 0.05) is 37.8 Å². The standard InChI is InChI=1S/C18H29N3O2/c1-12(2)10-20(6)16-14(18(3,4)5)9-13-11-21(17(22)23)8-7-15(13)19-16/h9,12H,7-8,10-11H2,1-6H3,(H,22,23). The van der Waals surface area contributed by atoms with Gasteiger partial charge >= 0.3 is 6.09 Å². The van der Waals surface area contributed by atoms with Crippen molar-refractivity contribution in [3.05, 3.63) is 22.9 Å². The van der Waals surface area contributed by atoms with E-state index in [-0.39, 0.29) is 5.41 Å². The van der Waals surface area contributed by atoms with E-state index in [1.165, 1.54) is 10.5 Å². The zero-order valence-electron chi connectivity index (χ0n) is 15.2. The Morgan fingerprint density at radius 3 is 2.61 bits per heavy atom. The minimum atomic E-state index is -0.853. The number of hydrogen-bond acceptors (Lipinski definition) is 3. The number of nitrogens with zero attached hydrogens (tertiary/aromatic N) is 3. The van der Waals surface area contributed by atoms with Gasteiger partial charge in [0.05, 0.1) is 6.54 Å². The second-order valence-electron chi connectivity index (χ2n) is 7.94. The Labute approximate surface area is 139 Å². The highest BCUT2D eigenvalue weighted by Crippen LogP contribution is 2.34. The summed E-state index contributed by atoms with van der Waals surface area (Å²) >= 11 is 0. The molecule has 0 atom stereocenters. The molecule has 0 bridgehead atoms. The van der Waals surface area contributed by atoms with Crippen molar-refractivity contribution in [2.75, 3.05) is 25.0 Å². The summed E-state index contributed by atoms with van der Waals surface area (Å²) < 4.78 is 0. The van der Waals surface area contributed by atoms with Gasteiger partial charge in [-0.15, -0.1) is 0 Å². The van der Waals surface area contributed by atoms with Gasteiger partial charge in [0.2, 0.25) is 0 Å². The number of anilines is 1. The Morgan fingerprint density at radius 2 is 2.09 bits per heavy atom. The highest BCUT2D eigenvalue weighted by atomic mass is 16.4. The Kier molecular flexibility index (Phi) is 4.87.